The van der Waals surface area contributed by atoms with Crippen molar-refractivity contribution in [1.82, 2.24) is 0 Å². The first-order valence-corrected chi connectivity index (χ1v) is 7.64. The minimum atomic E-state index is -1.74. The standard InChI is InChI=1S/C18H14F3NO5/c1-10(18(25)22-13-7-6-12(19)16(20)17(13)21)27-15(24)9-26-14-5-3-2-4-11(14)8-23/h2-8,10H,9H2,1H3,(H,22,25)/t10-/m1/s1. The van der Waals surface area contributed by atoms with Crippen LogP contribution in [0.15, 0.2) is 36.4 Å². The molecule has 9 heteroatoms. The highest BCUT2D eigenvalue weighted by atomic mass is 19.2. The van der Waals surface area contributed by atoms with Crippen LogP contribution in [-0.4, -0.2) is 30.9 Å². The molecule has 0 bridgehead atoms. The molecule has 2 rings (SSSR count). The maximum atomic E-state index is 13.5. The van der Waals surface area contributed by atoms with Crippen LogP contribution in [0.1, 0.15) is 17.3 Å². The number of aldehydes is 1. The Morgan fingerprint density at radius 1 is 1.11 bits per heavy atom. The molecule has 0 saturated heterocycles. The first-order chi connectivity index (χ1) is 12.8. The van der Waals surface area contributed by atoms with Crippen molar-refractivity contribution in [2.75, 3.05) is 11.9 Å². The van der Waals surface area contributed by atoms with E-state index in [0.717, 1.165) is 6.07 Å². The molecule has 0 aliphatic heterocycles. The van der Waals surface area contributed by atoms with E-state index in [0.29, 0.717) is 12.4 Å². The van der Waals surface area contributed by atoms with Crippen LogP contribution in [0.25, 0.3) is 0 Å². The number of esters is 1. The number of para-hydroxylation sites is 1. The molecule has 0 saturated carbocycles. The van der Waals surface area contributed by atoms with Crippen LogP contribution in [0.5, 0.6) is 5.75 Å². The van der Waals surface area contributed by atoms with Crippen LogP contribution in [0.2, 0.25) is 0 Å². The lowest BCUT2D eigenvalue weighted by Gasteiger charge is -2.14. The molecule has 0 spiro atoms. The second kappa shape index (κ2) is 8.84. The molecule has 1 amide bonds. The minimum Gasteiger partial charge on any atom is -0.481 e. The fourth-order valence-corrected chi connectivity index (χ4v) is 1.99. The van der Waals surface area contributed by atoms with Crippen LogP contribution < -0.4 is 10.1 Å². The second-order valence-corrected chi connectivity index (χ2v) is 5.29. The van der Waals surface area contributed by atoms with Crippen molar-refractivity contribution in [2.45, 2.75) is 13.0 Å². The Morgan fingerprint density at radius 3 is 2.52 bits per heavy atom. The Hall–Kier alpha value is -3.36. The van der Waals surface area contributed by atoms with E-state index in [1.165, 1.54) is 19.1 Å². The number of halogens is 3. The van der Waals surface area contributed by atoms with E-state index in [-0.39, 0.29) is 11.3 Å². The third-order valence-electron chi connectivity index (χ3n) is 3.36. The molecule has 0 unspecified atom stereocenters. The Morgan fingerprint density at radius 2 is 1.81 bits per heavy atom. The molecule has 1 N–H and O–H groups in total. The first-order valence-electron chi connectivity index (χ1n) is 7.64. The van der Waals surface area contributed by atoms with Gasteiger partial charge in [0, 0.05) is 0 Å². The fraction of sp³-hybridized carbons (Fsp3) is 0.167. The molecule has 2 aromatic rings. The van der Waals surface area contributed by atoms with E-state index in [4.69, 9.17) is 9.47 Å². The number of nitrogens with one attached hydrogen (secondary N) is 1. The van der Waals surface area contributed by atoms with E-state index in [2.05, 4.69) is 0 Å². The highest BCUT2D eigenvalue weighted by Gasteiger charge is 2.21. The maximum Gasteiger partial charge on any atom is 0.344 e. The maximum absolute atomic E-state index is 13.5. The predicted molar refractivity (Wildman–Crippen MR) is 87.8 cm³/mol. The quantitative estimate of drug-likeness (QED) is 0.453. The zero-order valence-electron chi connectivity index (χ0n) is 14.0. The number of hydrogen-bond donors (Lipinski definition) is 1. The van der Waals surface area contributed by atoms with Gasteiger partial charge in [-0.3, -0.25) is 9.59 Å². The smallest absolute Gasteiger partial charge is 0.344 e. The average Bonchev–Trinajstić information content (AvgIpc) is 2.66. The fourth-order valence-electron chi connectivity index (χ4n) is 1.99. The summed E-state index contributed by atoms with van der Waals surface area (Å²) in [5, 5.41) is 1.99. The summed E-state index contributed by atoms with van der Waals surface area (Å²) in [4.78, 5) is 34.5. The molecule has 0 radical (unpaired) electrons. The molecular formula is C18H14F3NO5. The van der Waals surface area contributed by atoms with E-state index in [1.54, 1.807) is 12.1 Å². The summed E-state index contributed by atoms with van der Waals surface area (Å²) < 4.78 is 49.5. The summed E-state index contributed by atoms with van der Waals surface area (Å²) in [7, 11) is 0. The lowest BCUT2D eigenvalue weighted by molar-refractivity contribution is -0.155. The van der Waals surface area contributed by atoms with E-state index < -0.39 is 47.7 Å². The molecular weight excluding hydrogens is 367 g/mol. The molecule has 0 aliphatic rings. The van der Waals surface area contributed by atoms with Gasteiger partial charge in [0.05, 0.1) is 11.3 Å². The highest BCUT2D eigenvalue weighted by Crippen LogP contribution is 2.20. The van der Waals surface area contributed by atoms with E-state index in [9.17, 15) is 27.6 Å². The van der Waals surface area contributed by atoms with E-state index in [1.807, 2.05) is 5.32 Å². The number of carbonyl (C=O) groups is 3. The van der Waals surface area contributed by atoms with Crippen LogP contribution in [0.4, 0.5) is 18.9 Å². The van der Waals surface area contributed by atoms with Crippen LogP contribution in [0.3, 0.4) is 0 Å². The monoisotopic (exact) mass is 381 g/mol. The van der Waals surface area contributed by atoms with Gasteiger partial charge in [-0.25, -0.2) is 18.0 Å². The molecule has 0 fully saturated rings. The minimum absolute atomic E-state index is 0.158. The first kappa shape index (κ1) is 20.0. The molecule has 2 aromatic carbocycles. The van der Waals surface area contributed by atoms with Gasteiger partial charge in [-0.05, 0) is 31.2 Å². The third-order valence-corrected chi connectivity index (χ3v) is 3.36. The van der Waals surface area contributed by atoms with Crippen molar-refractivity contribution in [3.8, 4) is 5.75 Å². The van der Waals surface area contributed by atoms with Gasteiger partial charge >= 0.3 is 5.97 Å². The average molecular weight is 381 g/mol. The number of benzene rings is 2. The third kappa shape index (κ3) is 5.06. The van der Waals surface area contributed by atoms with Crippen LogP contribution >= 0.6 is 0 Å². The lowest BCUT2D eigenvalue weighted by atomic mass is 10.2. The summed E-state index contributed by atoms with van der Waals surface area (Å²) in [5.41, 5.74) is -0.372. The SMILES string of the molecule is C[C@@H](OC(=O)COc1ccccc1C=O)C(=O)Nc1ccc(F)c(F)c1F. The Labute approximate surface area is 151 Å². The number of anilines is 1. The molecule has 6 nitrogen and oxygen atoms in total. The summed E-state index contributed by atoms with van der Waals surface area (Å²) in [6.45, 7) is 0.617. The molecule has 27 heavy (non-hydrogen) atoms. The zero-order chi connectivity index (χ0) is 20.0. The van der Waals surface area contributed by atoms with Crippen molar-refractivity contribution in [3.05, 3.63) is 59.4 Å². The Kier molecular flexibility index (Phi) is 6.53. The molecule has 0 aromatic heterocycles. The Balaban J connectivity index is 1.91. The van der Waals surface area contributed by atoms with Crippen LogP contribution in [0, 0.1) is 17.5 Å². The van der Waals surface area contributed by atoms with Gasteiger partial charge in [-0.1, -0.05) is 12.1 Å². The highest BCUT2D eigenvalue weighted by molar-refractivity contribution is 5.95. The van der Waals surface area contributed by atoms with Gasteiger partial charge in [0.1, 0.15) is 5.75 Å². The largest absolute Gasteiger partial charge is 0.481 e. The number of rotatable bonds is 7. The van der Waals surface area contributed by atoms with Crippen LogP contribution in [-0.2, 0) is 14.3 Å². The Bertz CT molecular complexity index is 872. The zero-order valence-corrected chi connectivity index (χ0v) is 14.0. The topological polar surface area (TPSA) is 81.7 Å². The van der Waals surface area contributed by atoms with Gasteiger partial charge < -0.3 is 14.8 Å². The predicted octanol–water partition coefficient (Wildman–Crippen LogP) is 2.87. The number of amides is 1. The molecule has 1 atom stereocenters. The summed E-state index contributed by atoms with van der Waals surface area (Å²) in [6.07, 6.45) is -0.817. The number of carbonyl (C=O) groups excluding carboxylic acids is 3. The van der Waals surface area contributed by atoms with Gasteiger partial charge in [-0.15, -0.1) is 0 Å². The normalized spacial score (nSPS) is 11.4. The van der Waals surface area contributed by atoms with Crippen molar-refractivity contribution < 1.29 is 37.0 Å². The van der Waals surface area contributed by atoms with Crippen molar-refractivity contribution >= 4 is 23.9 Å². The molecule has 142 valence electrons. The van der Waals surface area contributed by atoms with Crippen molar-refractivity contribution in [1.29, 1.82) is 0 Å². The number of ether oxygens (including phenoxy) is 2. The van der Waals surface area contributed by atoms with E-state index >= 15 is 0 Å². The summed E-state index contributed by atoms with van der Waals surface area (Å²) >= 11 is 0. The second-order valence-electron chi connectivity index (χ2n) is 5.29. The van der Waals surface area contributed by atoms with Gasteiger partial charge in [0.15, 0.2) is 36.4 Å². The number of hydrogen-bond acceptors (Lipinski definition) is 5. The molecule has 0 aliphatic carbocycles. The summed E-state index contributed by atoms with van der Waals surface area (Å²) in [6, 6.07) is 7.64. The summed E-state index contributed by atoms with van der Waals surface area (Å²) in [5.74, 6) is -6.44. The lowest BCUT2D eigenvalue weighted by Crippen LogP contribution is -2.32. The van der Waals surface area contributed by atoms with Crippen molar-refractivity contribution in [3.63, 3.8) is 0 Å². The van der Waals surface area contributed by atoms with Gasteiger partial charge in [0.2, 0.25) is 0 Å². The molecule has 0 heterocycles. The van der Waals surface area contributed by atoms with Gasteiger partial charge in [-0.2, -0.15) is 0 Å². The van der Waals surface area contributed by atoms with Crippen molar-refractivity contribution in [2.24, 2.45) is 0 Å². The van der Waals surface area contributed by atoms with Gasteiger partial charge in [0.25, 0.3) is 5.91 Å².